The Hall–Kier alpha value is -1.36. The summed E-state index contributed by atoms with van der Waals surface area (Å²) < 4.78 is 0. The van der Waals surface area contributed by atoms with Crippen LogP contribution in [0.3, 0.4) is 0 Å². The van der Waals surface area contributed by atoms with E-state index in [1.54, 1.807) is 0 Å². The number of aryl methyl sites for hydroxylation is 1. The minimum Gasteiger partial charge on any atom is -0.368 e. The Morgan fingerprint density at radius 3 is 2.38 bits per heavy atom. The van der Waals surface area contributed by atoms with Crippen molar-refractivity contribution in [3.8, 4) is 11.3 Å². The number of rotatable bonds is 6. The zero-order chi connectivity index (χ0) is 13.5. The van der Waals surface area contributed by atoms with Crippen LogP contribution in [0.1, 0.15) is 18.4 Å². The second-order valence-corrected chi connectivity index (χ2v) is 4.55. The smallest absolute Gasteiger partial charge is 0.151 e. The molecule has 0 spiro atoms. The van der Waals surface area contributed by atoms with Crippen LogP contribution in [0.25, 0.3) is 11.3 Å². The quantitative estimate of drug-likeness (QED) is 0.797. The Balaban J connectivity index is 0.00000200. The molecule has 4 nitrogen and oxygen atoms in total. The van der Waals surface area contributed by atoms with E-state index in [0.29, 0.717) is 0 Å². The van der Waals surface area contributed by atoms with Crippen molar-refractivity contribution in [2.24, 2.45) is 5.73 Å². The maximum atomic E-state index is 5.47. The first-order valence-electron chi connectivity index (χ1n) is 6.65. The number of nitrogens with one attached hydrogen (secondary N) is 1. The normalized spacial score (nSPS) is 9.43. The summed E-state index contributed by atoms with van der Waals surface area (Å²) in [5.41, 5.74) is 8.58. The molecule has 116 valence electrons. The molecule has 0 unspecified atom stereocenters. The van der Waals surface area contributed by atoms with Gasteiger partial charge < -0.3 is 11.1 Å². The Labute approximate surface area is 138 Å². The molecule has 6 heteroatoms. The second kappa shape index (κ2) is 10.4. The van der Waals surface area contributed by atoms with E-state index in [0.717, 1.165) is 48.6 Å². The summed E-state index contributed by atoms with van der Waals surface area (Å²) >= 11 is 0. The summed E-state index contributed by atoms with van der Waals surface area (Å²) in [6, 6.07) is 12.1. The molecule has 1 heterocycles. The van der Waals surface area contributed by atoms with Gasteiger partial charge in [0.15, 0.2) is 5.82 Å². The predicted octanol–water partition coefficient (Wildman–Crippen LogP) is 3.45. The van der Waals surface area contributed by atoms with Gasteiger partial charge in [-0.05, 0) is 37.9 Å². The van der Waals surface area contributed by atoms with Gasteiger partial charge in [0.05, 0.1) is 5.69 Å². The molecule has 0 aliphatic rings. The third-order valence-corrected chi connectivity index (χ3v) is 2.98. The monoisotopic (exact) mass is 328 g/mol. The van der Waals surface area contributed by atoms with Gasteiger partial charge in [-0.1, -0.05) is 30.3 Å². The molecule has 0 radical (unpaired) electrons. The van der Waals surface area contributed by atoms with Crippen LogP contribution < -0.4 is 11.1 Å². The van der Waals surface area contributed by atoms with Gasteiger partial charge in [-0.25, -0.2) is 0 Å². The molecular formula is C15H22Cl2N4. The number of benzene rings is 1. The molecule has 1 aromatic heterocycles. The van der Waals surface area contributed by atoms with E-state index < -0.39 is 0 Å². The van der Waals surface area contributed by atoms with Crippen LogP contribution >= 0.6 is 24.8 Å². The number of hydrogen-bond donors (Lipinski definition) is 2. The first-order chi connectivity index (χ1) is 9.31. The Morgan fingerprint density at radius 1 is 1.05 bits per heavy atom. The average Bonchev–Trinajstić information content (AvgIpc) is 2.46. The van der Waals surface area contributed by atoms with Crippen molar-refractivity contribution in [2.45, 2.75) is 19.8 Å². The highest BCUT2D eigenvalue weighted by atomic mass is 35.5. The zero-order valence-corrected chi connectivity index (χ0v) is 13.7. The first kappa shape index (κ1) is 19.6. The van der Waals surface area contributed by atoms with E-state index in [-0.39, 0.29) is 24.8 Å². The van der Waals surface area contributed by atoms with Crippen LogP contribution in [-0.4, -0.2) is 23.3 Å². The highest BCUT2D eigenvalue weighted by molar-refractivity contribution is 5.85. The fourth-order valence-electron chi connectivity index (χ4n) is 1.89. The molecule has 0 saturated heterocycles. The fourth-order valence-corrected chi connectivity index (χ4v) is 1.89. The van der Waals surface area contributed by atoms with Gasteiger partial charge in [0.2, 0.25) is 0 Å². The van der Waals surface area contributed by atoms with Crippen molar-refractivity contribution < 1.29 is 0 Å². The topological polar surface area (TPSA) is 63.8 Å². The van der Waals surface area contributed by atoms with Gasteiger partial charge in [-0.2, -0.15) is 0 Å². The van der Waals surface area contributed by atoms with Gasteiger partial charge in [0, 0.05) is 12.1 Å². The molecule has 0 atom stereocenters. The third-order valence-electron chi connectivity index (χ3n) is 2.98. The number of nitrogens with zero attached hydrogens (tertiary/aromatic N) is 2. The molecule has 0 saturated carbocycles. The van der Waals surface area contributed by atoms with Gasteiger partial charge >= 0.3 is 0 Å². The van der Waals surface area contributed by atoms with Crippen molar-refractivity contribution in [1.82, 2.24) is 10.2 Å². The minimum atomic E-state index is 0. The van der Waals surface area contributed by atoms with Crippen molar-refractivity contribution in [3.05, 3.63) is 42.0 Å². The highest BCUT2D eigenvalue weighted by Gasteiger charge is 2.04. The number of unbranched alkanes of at least 4 members (excludes halogenated alkanes) is 1. The van der Waals surface area contributed by atoms with Crippen LogP contribution in [0.15, 0.2) is 36.4 Å². The molecule has 2 rings (SSSR count). The Kier molecular flexibility index (Phi) is 9.71. The van der Waals surface area contributed by atoms with Gasteiger partial charge in [-0.3, -0.25) is 0 Å². The summed E-state index contributed by atoms with van der Waals surface area (Å²) in [4.78, 5) is 0. The standard InChI is InChI=1S/C15H20N4.2ClH/c1-12-11-14(13-7-3-2-4-8-13)18-19-15(12)17-10-6-5-9-16;;/h2-4,7-8,11H,5-6,9-10,16H2,1H3,(H,17,19);2*1H. The number of anilines is 1. The zero-order valence-electron chi connectivity index (χ0n) is 12.1. The molecule has 0 aliphatic carbocycles. The van der Waals surface area contributed by atoms with Gasteiger partial charge in [0.1, 0.15) is 0 Å². The molecule has 0 bridgehead atoms. The van der Waals surface area contributed by atoms with E-state index in [4.69, 9.17) is 5.73 Å². The molecule has 3 N–H and O–H groups in total. The van der Waals surface area contributed by atoms with E-state index in [2.05, 4.69) is 21.6 Å². The molecule has 1 aromatic carbocycles. The lowest BCUT2D eigenvalue weighted by Crippen LogP contribution is -2.08. The van der Waals surface area contributed by atoms with E-state index in [1.807, 2.05) is 37.3 Å². The predicted molar refractivity (Wildman–Crippen MR) is 93.5 cm³/mol. The number of halogens is 2. The summed E-state index contributed by atoms with van der Waals surface area (Å²) in [5, 5.41) is 11.8. The lowest BCUT2D eigenvalue weighted by Gasteiger charge is -2.08. The molecular weight excluding hydrogens is 307 g/mol. The van der Waals surface area contributed by atoms with Crippen molar-refractivity contribution >= 4 is 30.6 Å². The maximum Gasteiger partial charge on any atom is 0.151 e. The van der Waals surface area contributed by atoms with Crippen LogP contribution in [0.5, 0.6) is 0 Å². The van der Waals surface area contributed by atoms with Crippen LogP contribution in [0, 0.1) is 6.92 Å². The van der Waals surface area contributed by atoms with E-state index in [9.17, 15) is 0 Å². The maximum absolute atomic E-state index is 5.47. The minimum absolute atomic E-state index is 0. The van der Waals surface area contributed by atoms with E-state index in [1.165, 1.54) is 0 Å². The van der Waals surface area contributed by atoms with Crippen molar-refractivity contribution in [2.75, 3.05) is 18.4 Å². The van der Waals surface area contributed by atoms with Crippen molar-refractivity contribution in [1.29, 1.82) is 0 Å². The first-order valence-corrected chi connectivity index (χ1v) is 6.65. The number of hydrogen-bond acceptors (Lipinski definition) is 4. The SMILES string of the molecule is Cc1cc(-c2ccccc2)nnc1NCCCCN.Cl.Cl. The van der Waals surface area contributed by atoms with E-state index >= 15 is 0 Å². The summed E-state index contributed by atoms with van der Waals surface area (Å²) in [7, 11) is 0. The van der Waals surface area contributed by atoms with Gasteiger partial charge in [0.25, 0.3) is 0 Å². The second-order valence-electron chi connectivity index (χ2n) is 4.55. The van der Waals surface area contributed by atoms with Crippen LogP contribution in [0.2, 0.25) is 0 Å². The lowest BCUT2D eigenvalue weighted by atomic mass is 10.1. The molecule has 0 amide bonds. The summed E-state index contributed by atoms with van der Waals surface area (Å²) in [6.45, 7) is 3.67. The number of nitrogens with two attached hydrogens (primary N) is 1. The molecule has 2 aromatic rings. The molecule has 0 aliphatic heterocycles. The summed E-state index contributed by atoms with van der Waals surface area (Å²) in [6.07, 6.45) is 2.08. The highest BCUT2D eigenvalue weighted by Crippen LogP contribution is 2.19. The van der Waals surface area contributed by atoms with Crippen LogP contribution in [-0.2, 0) is 0 Å². The van der Waals surface area contributed by atoms with Crippen LogP contribution in [0.4, 0.5) is 5.82 Å². The van der Waals surface area contributed by atoms with Gasteiger partial charge in [-0.15, -0.1) is 35.0 Å². The largest absolute Gasteiger partial charge is 0.368 e. The third kappa shape index (κ3) is 5.87. The molecule has 21 heavy (non-hydrogen) atoms. The van der Waals surface area contributed by atoms with Crippen molar-refractivity contribution in [3.63, 3.8) is 0 Å². The molecule has 0 fully saturated rings. The fraction of sp³-hybridized carbons (Fsp3) is 0.333. The number of aromatic nitrogens is 2. The summed E-state index contributed by atoms with van der Waals surface area (Å²) in [5.74, 6) is 0.858. The Bertz CT molecular complexity index is 520. The average molecular weight is 329 g/mol. The lowest BCUT2D eigenvalue weighted by molar-refractivity contribution is 0.770. The Morgan fingerprint density at radius 2 is 1.76 bits per heavy atom.